The smallest absolute Gasteiger partial charge is 0.274 e. The second-order valence-electron chi connectivity index (χ2n) is 9.29. The first-order valence-electron chi connectivity index (χ1n) is 12.4. The molecule has 0 aliphatic carbocycles. The summed E-state index contributed by atoms with van der Waals surface area (Å²) in [7, 11) is 1.62. The molecule has 0 radical (unpaired) electrons. The summed E-state index contributed by atoms with van der Waals surface area (Å²) >= 11 is 1.38. The van der Waals surface area contributed by atoms with Gasteiger partial charge in [-0.3, -0.25) is 4.79 Å². The van der Waals surface area contributed by atoms with Gasteiger partial charge in [0.2, 0.25) is 0 Å². The van der Waals surface area contributed by atoms with Crippen molar-refractivity contribution < 1.29 is 14.2 Å². The molecule has 0 fully saturated rings. The van der Waals surface area contributed by atoms with Crippen LogP contribution >= 0.6 is 11.3 Å². The molecule has 0 saturated heterocycles. The maximum absolute atomic E-state index is 13.0. The highest BCUT2D eigenvalue weighted by Gasteiger charge is 2.12. The molecule has 2 aromatic heterocycles. The molecule has 6 nitrogen and oxygen atoms in total. The summed E-state index contributed by atoms with van der Waals surface area (Å²) < 4.78 is 19.9. The van der Waals surface area contributed by atoms with Gasteiger partial charge in [0.1, 0.15) is 5.75 Å². The number of methoxy groups -OCH3 is 1. The van der Waals surface area contributed by atoms with Crippen LogP contribution < -0.4 is 24.3 Å². The van der Waals surface area contributed by atoms with E-state index in [4.69, 9.17) is 14.2 Å². The molecule has 0 N–H and O–H groups in total. The molecule has 0 aliphatic heterocycles. The summed E-state index contributed by atoms with van der Waals surface area (Å²) in [6, 6.07) is 19.7. The first kappa shape index (κ1) is 24.8. The Kier molecular flexibility index (Phi) is 7.15. The zero-order chi connectivity index (χ0) is 25.9. The first-order valence-corrected chi connectivity index (χ1v) is 13.2. The molecule has 37 heavy (non-hydrogen) atoms. The van der Waals surface area contributed by atoms with Crippen molar-refractivity contribution in [2.75, 3.05) is 20.3 Å². The fourth-order valence-electron chi connectivity index (χ4n) is 4.32. The van der Waals surface area contributed by atoms with Crippen LogP contribution in [0, 0.1) is 6.92 Å². The highest BCUT2D eigenvalue weighted by Crippen LogP contribution is 2.29. The van der Waals surface area contributed by atoms with E-state index in [-0.39, 0.29) is 5.56 Å². The fourth-order valence-corrected chi connectivity index (χ4v) is 5.31. The number of hydrogen-bond donors (Lipinski definition) is 0. The van der Waals surface area contributed by atoms with Gasteiger partial charge < -0.3 is 14.2 Å². The lowest BCUT2D eigenvalue weighted by molar-refractivity contribution is 0.239. The molecule has 3 aromatic carbocycles. The summed E-state index contributed by atoms with van der Waals surface area (Å²) in [6.07, 6.45) is 2.61. The SMILES string of the molecule is COc1cc(C=c2sc3nc4ccccc4n3c2=O)ccc1OCCCOc1cc(C)ccc1C(C)C. The lowest BCUT2D eigenvalue weighted by Gasteiger charge is -2.15. The Morgan fingerprint density at radius 1 is 0.973 bits per heavy atom. The second kappa shape index (κ2) is 10.6. The predicted molar refractivity (Wildman–Crippen MR) is 149 cm³/mol. The molecular weight excluding hydrogens is 484 g/mol. The summed E-state index contributed by atoms with van der Waals surface area (Å²) in [6.45, 7) is 7.49. The highest BCUT2D eigenvalue weighted by molar-refractivity contribution is 7.15. The van der Waals surface area contributed by atoms with Crippen LogP contribution in [-0.4, -0.2) is 29.7 Å². The normalized spacial score (nSPS) is 12.1. The molecule has 190 valence electrons. The largest absolute Gasteiger partial charge is 0.493 e. The Morgan fingerprint density at radius 3 is 2.54 bits per heavy atom. The van der Waals surface area contributed by atoms with Crippen LogP contribution in [0.25, 0.3) is 22.1 Å². The summed E-state index contributed by atoms with van der Waals surface area (Å²) in [5, 5.41) is 0. The Balaban J connectivity index is 1.26. The van der Waals surface area contributed by atoms with Crippen molar-refractivity contribution in [1.82, 2.24) is 9.38 Å². The van der Waals surface area contributed by atoms with Crippen molar-refractivity contribution in [3.63, 3.8) is 0 Å². The van der Waals surface area contributed by atoms with Crippen LogP contribution in [0.15, 0.2) is 65.5 Å². The van der Waals surface area contributed by atoms with Crippen LogP contribution in [-0.2, 0) is 0 Å². The van der Waals surface area contributed by atoms with Gasteiger partial charge in [-0.15, -0.1) is 0 Å². The number of thiazole rings is 1. The van der Waals surface area contributed by atoms with Gasteiger partial charge >= 0.3 is 0 Å². The van der Waals surface area contributed by atoms with E-state index >= 15 is 0 Å². The van der Waals surface area contributed by atoms with Crippen LogP contribution in [0.4, 0.5) is 0 Å². The van der Waals surface area contributed by atoms with Gasteiger partial charge in [-0.05, 0) is 65.9 Å². The predicted octanol–water partition coefficient (Wildman–Crippen LogP) is 5.75. The number of ether oxygens (including phenoxy) is 3. The minimum atomic E-state index is -0.0674. The molecule has 2 heterocycles. The van der Waals surface area contributed by atoms with E-state index in [0.717, 1.165) is 28.8 Å². The van der Waals surface area contributed by atoms with Crippen LogP contribution in [0.5, 0.6) is 17.2 Å². The first-order chi connectivity index (χ1) is 17.9. The minimum Gasteiger partial charge on any atom is -0.493 e. The van der Waals surface area contributed by atoms with Crippen LogP contribution in [0.2, 0.25) is 0 Å². The highest BCUT2D eigenvalue weighted by atomic mass is 32.1. The molecule has 0 saturated carbocycles. The van der Waals surface area contributed by atoms with Gasteiger partial charge in [0.05, 0.1) is 35.9 Å². The van der Waals surface area contributed by atoms with E-state index in [0.29, 0.717) is 40.1 Å². The van der Waals surface area contributed by atoms with Gasteiger partial charge in [-0.1, -0.05) is 55.5 Å². The number of fused-ring (bicyclic) bond motifs is 3. The second-order valence-corrected chi connectivity index (χ2v) is 10.3. The van der Waals surface area contributed by atoms with Crippen molar-refractivity contribution in [1.29, 1.82) is 0 Å². The Morgan fingerprint density at radius 2 is 1.76 bits per heavy atom. The maximum atomic E-state index is 13.0. The zero-order valence-corrected chi connectivity index (χ0v) is 22.3. The number of rotatable bonds is 9. The summed E-state index contributed by atoms with van der Waals surface area (Å²) in [5.74, 6) is 2.63. The van der Waals surface area contributed by atoms with E-state index in [1.54, 1.807) is 11.5 Å². The Bertz CT molecular complexity index is 1670. The number of hydrogen-bond acceptors (Lipinski definition) is 6. The number of nitrogens with zero attached hydrogens (tertiary/aromatic N) is 2. The molecule has 0 unspecified atom stereocenters. The molecule has 0 aliphatic rings. The molecule has 0 atom stereocenters. The number of para-hydroxylation sites is 2. The standard InChI is InChI=1S/C30H30N2O4S/c1-19(2)22-12-10-20(3)16-26(22)36-15-7-14-35-25-13-11-21(17-27(25)34-4)18-28-29(33)32-24-9-6-5-8-23(24)31-30(32)37-28/h5-6,8-13,16-19H,7,14-15H2,1-4H3. The third-order valence-corrected chi connectivity index (χ3v) is 7.19. The van der Waals surface area contributed by atoms with Crippen LogP contribution in [0.1, 0.15) is 42.9 Å². The average molecular weight is 515 g/mol. The Labute approximate surface area is 219 Å². The molecule has 0 bridgehead atoms. The van der Waals surface area contributed by atoms with E-state index < -0.39 is 0 Å². The number of benzene rings is 3. The average Bonchev–Trinajstić information content (AvgIpc) is 3.40. The van der Waals surface area contributed by atoms with E-state index in [1.807, 2.05) is 48.5 Å². The minimum absolute atomic E-state index is 0.0674. The third kappa shape index (κ3) is 5.18. The van der Waals surface area contributed by atoms with Gasteiger partial charge in [0.15, 0.2) is 16.5 Å². The lowest BCUT2D eigenvalue weighted by Crippen LogP contribution is -2.22. The Hall–Kier alpha value is -3.84. The molecule has 7 heteroatoms. The lowest BCUT2D eigenvalue weighted by atomic mass is 10.0. The van der Waals surface area contributed by atoms with E-state index in [1.165, 1.54) is 22.5 Å². The third-order valence-electron chi connectivity index (χ3n) is 6.23. The molecule has 0 amide bonds. The summed E-state index contributed by atoms with van der Waals surface area (Å²) in [4.78, 5) is 18.3. The number of imidazole rings is 1. The molecule has 0 spiro atoms. The zero-order valence-electron chi connectivity index (χ0n) is 21.5. The van der Waals surface area contributed by atoms with E-state index in [9.17, 15) is 4.79 Å². The van der Waals surface area contributed by atoms with Crippen molar-refractivity contribution in [3.8, 4) is 17.2 Å². The molecule has 5 rings (SSSR count). The van der Waals surface area contributed by atoms with E-state index in [2.05, 4.69) is 44.0 Å². The maximum Gasteiger partial charge on any atom is 0.274 e. The topological polar surface area (TPSA) is 62.1 Å². The van der Waals surface area contributed by atoms with Gasteiger partial charge in [-0.25, -0.2) is 9.38 Å². The number of aryl methyl sites for hydroxylation is 1. The van der Waals surface area contributed by atoms with Crippen molar-refractivity contribution in [2.45, 2.75) is 33.1 Å². The monoisotopic (exact) mass is 514 g/mol. The van der Waals surface area contributed by atoms with Gasteiger partial charge in [0.25, 0.3) is 5.56 Å². The van der Waals surface area contributed by atoms with Crippen molar-refractivity contribution in [2.24, 2.45) is 0 Å². The van der Waals surface area contributed by atoms with Crippen LogP contribution in [0.3, 0.4) is 0 Å². The number of aromatic nitrogens is 2. The van der Waals surface area contributed by atoms with Crippen molar-refractivity contribution in [3.05, 3.63) is 92.2 Å². The summed E-state index contributed by atoms with van der Waals surface area (Å²) in [5.41, 5.74) is 4.85. The fraction of sp³-hybridized carbons (Fsp3) is 0.267. The quantitative estimate of drug-likeness (QED) is 0.235. The molecular formula is C30H30N2O4S. The van der Waals surface area contributed by atoms with Gasteiger partial charge in [-0.2, -0.15) is 0 Å². The molecule has 5 aromatic rings. The van der Waals surface area contributed by atoms with Gasteiger partial charge in [0, 0.05) is 6.42 Å². The van der Waals surface area contributed by atoms with Crippen molar-refractivity contribution >= 4 is 33.4 Å².